The zero-order valence-electron chi connectivity index (χ0n) is 6.10. The number of imidazole rings is 1. The van der Waals surface area contributed by atoms with Gasteiger partial charge in [0.2, 0.25) is 17.7 Å². The Kier molecular flexibility index (Phi) is 1.30. The summed E-state index contributed by atoms with van der Waals surface area (Å²) in [6.07, 6.45) is 3.14. The van der Waals surface area contributed by atoms with E-state index >= 15 is 0 Å². The lowest BCUT2D eigenvalue weighted by Gasteiger charge is -2.00. The Labute approximate surface area is 67.9 Å². The molecule has 0 radical (unpaired) electrons. The number of hydrogen-bond donors (Lipinski definition) is 3. The first-order valence-electron chi connectivity index (χ1n) is 3.38. The second-order valence-electron chi connectivity index (χ2n) is 2.30. The van der Waals surface area contributed by atoms with E-state index in [1.807, 2.05) is 0 Å². The topological polar surface area (TPSA) is 74.1 Å². The number of H-pyrrole nitrogens is 1. The molecule has 0 saturated heterocycles. The standard InChI is InChI=1S/C7H7N3O2/c11-5-1-2-6(12)10(5)7-8-3-4-9-7/h1-4,11-12H,(H,8,9). The Hall–Kier alpha value is -1.91. The van der Waals surface area contributed by atoms with Gasteiger partial charge >= 0.3 is 0 Å². The van der Waals surface area contributed by atoms with Crippen LogP contribution in [-0.2, 0) is 0 Å². The van der Waals surface area contributed by atoms with Crippen LogP contribution in [-0.4, -0.2) is 24.7 Å². The third-order valence-corrected chi connectivity index (χ3v) is 1.54. The largest absolute Gasteiger partial charge is 0.494 e. The van der Waals surface area contributed by atoms with E-state index < -0.39 is 0 Å². The first kappa shape index (κ1) is 6.78. The van der Waals surface area contributed by atoms with E-state index in [9.17, 15) is 10.2 Å². The molecule has 2 aromatic rings. The number of rotatable bonds is 1. The fraction of sp³-hybridized carbons (Fsp3) is 0. The molecular weight excluding hydrogens is 158 g/mol. The van der Waals surface area contributed by atoms with Gasteiger partial charge in [-0.1, -0.05) is 0 Å². The monoisotopic (exact) mass is 165 g/mol. The lowest BCUT2D eigenvalue weighted by atomic mass is 10.6. The molecule has 0 atom stereocenters. The number of nitrogens with one attached hydrogen (secondary N) is 1. The van der Waals surface area contributed by atoms with Gasteiger partial charge in [0, 0.05) is 24.5 Å². The van der Waals surface area contributed by atoms with Crippen molar-refractivity contribution >= 4 is 0 Å². The van der Waals surface area contributed by atoms with E-state index in [-0.39, 0.29) is 11.8 Å². The van der Waals surface area contributed by atoms with Crippen molar-refractivity contribution in [3.05, 3.63) is 24.5 Å². The van der Waals surface area contributed by atoms with Crippen LogP contribution in [0.1, 0.15) is 0 Å². The summed E-state index contributed by atoms with van der Waals surface area (Å²) in [4.78, 5) is 6.62. The second-order valence-corrected chi connectivity index (χ2v) is 2.30. The summed E-state index contributed by atoms with van der Waals surface area (Å²) in [5.41, 5.74) is 0. The van der Waals surface area contributed by atoms with Crippen molar-refractivity contribution in [2.24, 2.45) is 0 Å². The normalized spacial score (nSPS) is 10.3. The predicted octanol–water partition coefficient (Wildman–Crippen LogP) is 0.612. The van der Waals surface area contributed by atoms with Gasteiger partial charge < -0.3 is 15.2 Å². The highest BCUT2D eigenvalue weighted by Gasteiger charge is 2.08. The Morgan fingerprint density at radius 2 is 1.92 bits per heavy atom. The molecule has 62 valence electrons. The van der Waals surface area contributed by atoms with Gasteiger partial charge in [-0.05, 0) is 0 Å². The van der Waals surface area contributed by atoms with Crippen LogP contribution in [0.3, 0.4) is 0 Å². The summed E-state index contributed by atoms with van der Waals surface area (Å²) in [5.74, 6) is 0.278. The van der Waals surface area contributed by atoms with E-state index in [4.69, 9.17) is 0 Å². The van der Waals surface area contributed by atoms with Gasteiger partial charge in [-0.3, -0.25) is 0 Å². The van der Waals surface area contributed by atoms with Crippen LogP contribution in [0.2, 0.25) is 0 Å². The molecule has 0 aliphatic heterocycles. The molecule has 5 heteroatoms. The molecule has 0 aromatic carbocycles. The summed E-state index contributed by atoms with van der Waals surface area (Å²) in [7, 11) is 0. The minimum Gasteiger partial charge on any atom is -0.494 e. The van der Waals surface area contributed by atoms with Crippen LogP contribution in [0.5, 0.6) is 11.8 Å². The predicted molar refractivity (Wildman–Crippen MR) is 41.2 cm³/mol. The molecule has 3 N–H and O–H groups in total. The van der Waals surface area contributed by atoms with Gasteiger partial charge in [-0.15, -0.1) is 0 Å². The second kappa shape index (κ2) is 2.30. The molecular formula is C7H7N3O2. The van der Waals surface area contributed by atoms with Gasteiger partial charge in [-0.2, -0.15) is 0 Å². The molecule has 2 rings (SSSR count). The Bertz CT molecular complexity index is 358. The Balaban J connectivity index is 2.60. The van der Waals surface area contributed by atoms with Crippen molar-refractivity contribution in [2.75, 3.05) is 0 Å². The number of hydrogen-bond acceptors (Lipinski definition) is 3. The van der Waals surface area contributed by atoms with Crippen LogP contribution < -0.4 is 0 Å². The average Bonchev–Trinajstić information content (AvgIpc) is 2.61. The van der Waals surface area contributed by atoms with E-state index in [1.165, 1.54) is 22.9 Å². The third kappa shape index (κ3) is 0.833. The molecule has 0 spiro atoms. The van der Waals surface area contributed by atoms with E-state index in [0.29, 0.717) is 5.95 Å². The first-order chi connectivity index (χ1) is 5.79. The van der Waals surface area contributed by atoms with Gasteiger partial charge in [0.15, 0.2) is 0 Å². The number of nitrogens with zero attached hydrogens (tertiary/aromatic N) is 2. The smallest absolute Gasteiger partial charge is 0.216 e. The molecule has 5 nitrogen and oxygen atoms in total. The Morgan fingerprint density at radius 3 is 2.42 bits per heavy atom. The van der Waals surface area contributed by atoms with Crippen LogP contribution in [0.4, 0.5) is 0 Å². The van der Waals surface area contributed by atoms with Crippen molar-refractivity contribution in [1.82, 2.24) is 14.5 Å². The minimum absolute atomic E-state index is 0.0533. The summed E-state index contributed by atoms with van der Waals surface area (Å²) in [6, 6.07) is 2.77. The number of aromatic hydroxyl groups is 2. The number of aromatic amines is 1. The average molecular weight is 165 g/mol. The molecule has 0 aliphatic carbocycles. The lowest BCUT2D eigenvalue weighted by Crippen LogP contribution is -1.94. The third-order valence-electron chi connectivity index (χ3n) is 1.54. The maximum Gasteiger partial charge on any atom is 0.216 e. The summed E-state index contributed by atoms with van der Waals surface area (Å²) < 4.78 is 1.19. The van der Waals surface area contributed by atoms with Crippen LogP contribution in [0, 0.1) is 0 Å². The summed E-state index contributed by atoms with van der Waals surface area (Å²) in [6.45, 7) is 0. The molecule has 0 fully saturated rings. The van der Waals surface area contributed by atoms with E-state index in [2.05, 4.69) is 9.97 Å². The quantitative estimate of drug-likeness (QED) is 0.579. The maximum absolute atomic E-state index is 9.25. The molecule has 0 bridgehead atoms. The molecule has 0 amide bonds. The summed E-state index contributed by atoms with van der Waals surface area (Å²) >= 11 is 0. The zero-order valence-corrected chi connectivity index (χ0v) is 6.10. The molecule has 2 heterocycles. The summed E-state index contributed by atoms with van der Waals surface area (Å²) in [5, 5.41) is 18.5. The molecule has 0 saturated carbocycles. The van der Waals surface area contributed by atoms with Gasteiger partial charge in [-0.25, -0.2) is 9.55 Å². The van der Waals surface area contributed by atoms with Crippen molar-refractivity contribution < 1.29 is 10.2 Å². The van der Waals surface area contributed by atoms with E-state index in [1.54, 1.807) is 6.20 Å². The van der Waals surface area contributed by atoms with Crippen LogP contribution in [0.25, 0.3) is 5.95 Å². The van der Waals surface area contributed by atoms with Crippen molar-refractivity contribution in [1.29, 1.82) is 0 Å². The molecule has 12 heavy (non-hydrogen) atoms. The van der Waals surface area contributed by atoms with Crippen LogP contribution >= 0.6 is 0 Å². The van der Waals surface area contributed by atoms with Crippen molar-refractivity contribution in [3.63, 3.8) is 0 Å². The maximum atomic E-state index is 9.25. The first-order valence-corrected chi connectivity index (χ1v) is 3.38. The highest BCUT2D eigenvalue weighted by atomic mass is 16.3. The van der Waals surface area contributed by atoms with Crippen molar-refractivity contribution in [3.8, 4) is 17.7 Å². The lowest BCUT2D eigenvalue weighted by molar-refractivity contribution is 0.399. The Morgan fingerprint density at radius 1 is 1.25 bits per heavy atom. The highest BCUT2D eigenvalue weighted by Crippen LogP contribution is 2.23. The van der Waals surface area contributed by atoms with E-state index in [0.717, 1.165) is 0 Å². The van der Waals surface area contributed by atoms with Gasteiger partial charge in [0.05, 0.1) is 0 Å². The van der Waals surface area contributed by atoms with Gasteiger partial charge in [0.1, 0.15) is 0 Å². The SMILES string of the molecule is Oc1ccc(O)n1-c1ncc[nH]1. The van der Waals surface area contributed by atoms with Crippen LogP contribution in [0.15, 0.2) is 24.5 Å². The highest BCUT2D eigenvalue weighted by molar-refractivity contribution is 5.33. The fourth-order valence-corrected chi connectivity index (χ4v) is 1.01. The molecule has 2 aromatic heterocycles. The molecule has 0 aliphatic rings. The van der Waals surface area contributed by atoms with Gasteiger partial charge in [0.25, 0.3) is 0 Å². The zero-order chi connectivity index (χ0) is 8.55. The number of aromatic nitrogens is 3. The molecule has 0 unspecified atom stereocenters. The van der Waals surface area contributed by atoms with Crippen molar-refractivity contribution in [2.45, 2.75) is 0 Å². The minimum atomic E-state index is -0.0533. The fourth-order valence-electron chi connectivity index (χ4n) is 1.01.